The maximum Gasteiger partial charge on any atom is 0.180 e. The molecule has 0 atom stereocenters. The van der Waals surface area contributed by atoms with Gasteiger partial charge in [-0.1, -0.05) is 6.07 Å². The second kappa shape index (κ2) is 4.98. The van der Waals surface area contributed by atoms with Crippen LogP contribution < -0.4 is 10.5 Å². The summed E-state index contributed by atoms with van der Waals surface area (Å²) < 4.78 is 5.76. The number of nitrogens with zero attached hydrogens (tertiary/aromatic N) is 1. The minimum atomic E-state index is 0.493. The summed E-state index contributed by atoms with van der Waals surface area (Å²) >= 11 is 1.45. The number of hydrogen-bond donors (Lipinski definition) is 1. The van der Waals surface area contributed by atoms with Gasteiger partial charge in [-0.3, -0.25) is 0 Å². The van der Waals surface area contributed by atoms with Gasteiger partial charge < -0.3 is 10.5 Å². The molecule has 18 heavy (non-hydrogen) atoms. The Labute approximate surface area is 111 Å². The Bertz CT molecular complexity index is 550. The molecule has 2 N–H and O–H groups in total. The lowest BCUT2D eigenvalue weighted by atomic mass is 9.92. The zero-order valence-electron chi connectivity index (χ0n) is 10.2. The van der Waals surface area contributed by atoms with Gasteiger partial charge in [-0.15, -0.1) is 11.3 Å². The largest absolute Gasteiger partial charge is 0.487 e. The SMILES string of the molecule is Nc1nc(COc2ccc3c(c2)CCCC3)cs1. The molecule has 0 bridgehead atoms. The number of nitrogen functional groups attached to an aromatic ring is 1. The standard InChI is InChI=1S/C14H16N2OS/c15-14-16-12(9-18-14)8-17-13-6-5-10-3-1-2-4-11(10)7-13/h5-7,9H,1-4,8H2,(H2,15,16). The molecule has 0 amide bonds. The van der Waals surface area contributed by atoms with E-state index in [0.717, 1.165) is 11.4 Å². The summed E-state index contributed by atoms with van der Waals surface area (Å²) in [6, 6.07) is 6.42. The molecular weight excluding hydrogens is 244 g/mol. The van der Waals surface area contributed by atoms with Gasteiger partial charge in [0.05, 0.1) is 5.69 Å². The maximum absolute atomic E-state index is 5.76. The normalized spacial score (nSPS) is 14.2. The van der Waals surface area contributed by atoms with E-state index in [2.05, 4.69) is 23.2 Å². The number of benzene rings is 1. The van der Waals surface area contributed by atoms with Crippen LogP contribution in [-0.4, -0.2) is 4.98 Å². The highest BCUT2D eigenvalue weighted by Gasteiger charge is 2.10. The number of aromatic nitrogens is 1. The molecule has 0 spiro atoms. The van der Waals surface area contributed by atoms with Crippen LogP contribution in [0.4, 0.5) is 5.13 Å². The van der Waals surface area contributed by atoms with E-state index in [1.165, 1.54) is 48.1 Å². The van der Waals surface area contributed by atoms with Crippen LogP contribution in [0.5, 0.6) is 5.75 Å². The van der Waals surface area contributed by atoms with Crippen LogP contribution in [0.2, 0.25) is 0 Å². The van der Waals surface area contributed by atoms with Crippen LogP contribution >= 0.6 is 11.3 Å². The first-order valence-corrected chi connectivity index (χ1v) is 7.14. The Hall–Kier alpha value is -1.55. The number of hydrogen-bond acceptors (Lipinski definition) is 4. The van der Waals surface area contributed by atoms with Crippen LogP contribution in [-0.2, 0) is 19.4 Å². The fourth-order valence-electron chi connectivity index (χ4n) is 2.35. The highest BCUT2D eigenvalue weighted by molar-refractivity contribution is 7.13. The summed E-state index contributed by atoms with van der Waals surface area (Å²) in [4.78, 5) is 4.18. The predicted molar refractivity (Wildman–Crippen MR) is 73.9 cm³/mol. The minimum absolute atomic E-state index is 0.493. The van der Waals surface area contributed by atoms with Crippen molar-refractivity contribution >= 4 is 16.5 Å². The Morgan fingerprint density at radius 3 is 2.83 bits per heavy atom. The Morgan fingerprint density at radius 2 is 2.06 bits per heavy atom. The van der Waals surface area contributed by atoms with Crippen molar-refractivity contribution in [3.05, 3.63) is 40.4 Å². The molecular formula is C14H16N2OS. The van der Waals surface area contributed by atoms with Gasteiger partial charge in [-0.2, -0.15) is 0 Å². The lowest BCUT2D eigenvalue weighted by Gasteiger charge is -2.16. The first-order valence-electron chi connectivity index (χ1n) is 6.26. The van der Waals surface area contributed by atoms with Crippen LogP contribution in [0, 0.1) is 0 Å². The second-order valence-corrected chi connectivity index (χ2v) is 5.49. The van der Waals surface area contributed by atoms with Crippen LogP contribution in [0.3, 0.4) is 0 Å². The first-order chi connectivity index (χ1) is 8.81. The fourth-order valence-corrected chi connectivity index (χ4v) is 2.89. The zero-order chi connectivity index (χ0) is 12.4. The molecule has 0 saturated heterocycles. The summed E-state index contributed by atoms with van der Waals surface area (Å²) in [7, 11) is 0. The summed E-state index contributed by atoms with van der Waals surface area (Å²) in [5, 5.41) is 2.53. The molecule has 3 nitrogen and oxygen atoms in total. The molecule has 94 valence electrons. The topological polar surface area (TPSA) is 48.1 Å². The summed E-state index contributed by atoms with van der Waals surface area (Å²) in [5.74, 6) is 0.933. The van der Waals surface area contributed by atoms with Gasteiger partial charge in [0.2, 0.25) is 0 Å². The van der Waals surface area contributed by atoms with Crippen LogP contribution in [0.15, 0.2) is 23.6 Å². The van der Waals surface area contributed by atoms with E-state index >= 15 is 0 Å². The first kappa shape index (κ1) is 11.5. The lowest BCUT2D eigenvalue weighted by molar-refractivity contribution is 0.301. The minimum Gasteiger partial charge on any atom is -0.487 e. The molecule has 1 aliphatic carbocycles. The van der Waals surface area contributed by atoms with Gasteiger partial charge in [0.1, 0.15) is 12.4 Å². The zero-order valence-corrected chi connectivity index (χ0v) is 11.0. The lowest BCUT2D eigenvalue weighted by Crippen LogP contribution is -2.03. The van der Waals surface area contributed by atoms with E-state index in [1.807, 2.05) is 5.38 Å². The number of rotatable bonds is 3. The van der Waals surface area contributed by atoms with E-state index in [1.54, 1.807) is 0 Å². The third-order valence-electron chi connectivity index (χ3n) is 3.28. The predicted octanol–water partition coefficient (Wildman–Crippen LogP) is 3.18. The van der Waals surface area contributed by atoms with Crippen molar-refractivity contribution in [2.75, 3.05) is 5.73 Å². The fraction of sp³-hybridized carbons (Fsp3) is 0.357. The molecule has 1 aliphatic rings. The van der Waals surface area contributed by atoms with E-state index in [9.17, 15) is 0 Å². The molecule has 2 aromatic rings. The maximum atomic E-state index is 5.76. The Balaban J connectivity index is 1.69. The van der Waals surface area contributed by atoms with Crippen LogP contribution in [0.25, 0.3) is 0 Å². The van der Waals surface area contributed by atoms with Gasteiger partial charge in [0, 0.05) is 5.38 Å². The van der Waals surface area contributed by atoms with Crippen molar-refractivity contribution in [3.63, 3.8) is 0 Å². The highest BCUT2D eigenvalue weighted by atomic mass is 32.1. The molecule has 1 heterocycles. The smallest absolute Gasteiger partial charge is 0.180 e. The summed E-state index contributed by atoms with van der Waals surface area (Å²) in [6.07, 6.45) is 4.98. The third-order valence-corrected chi connectivity index (χ3v) is 4.00. The van der Waals surface area contributed by atoms with Crippen molar-refractivity contribution in [2.45, 2.75) is 32.3 Å². The second-order valence-electron chi connectivity index (χ2n) is 4.60. The Kier molecular flexibility index (Phi) is 3.19. The molecule has 0 fully saturated rings. The van der Waals surface area contributed by atoms with E-state index in [0.29, 0.717) is 11.7 Å². The third kappa shape index (κ3) is 2.48. The number of anilines is 1. The number of aryl methyl sites for hydroxylation is 2. The average molecular weight is 260 g/mol. The summed E-state index contributed by atoms with van der Waals surface area (Å²) in [6.45, 7) is 0.493. The van der Waals surface area contributed by atoms with Gasteiger partial charge >= 0.3 is 0 Å². The quantitative estimate of drug-likeness (QED) is 0.922. The highest BCUT2D eigenvalue weighted by Crippen LogP contribution is 2.25. The molecule has 0 radical (unpaired) electrons. The van der Waals surface area contributed by atoms with Crippen molar-refractivity contribution in [3.8, 4) is 5.75 Å². The van der Waals surface area contributed by atoms with E-state index in [-0.39, 0.29) is 0 Å². The van der Waals surface area contributed by atoms with Crippen LogP contribution in [0.1, 0.15) is 29.7 Å². The number of ether oxygens (including phenoxy) is 1. The molecule has 1 aromatic heterocycles. The van der Waals surface area contributed by atoms with Gasteiger partial charge in [0.15, 0.2) is 5.13 Å². The van der Waals surface area contributed by atoms with E-state index in [4.69, 9.17) is 10.5 Å². The molecule has 3 rings (SSSR count). The summed E-state index contributed by atoms with van der Waals surface area (Å²) in [5.41, 5.74) is 9.41. The number of fused-ring (bicyclic) bond motifs is 1. The van der Waals surface area contributed by atoms with Crippen molar-refractivity contribution < 1.29 is 4.74 Å². The van der Waals surface area contributed by atoms with Gasteiger partial charge in [-0.05, 0) is 48.9 Å². The molecule has 1 aromatic carbocycles. The number of nitrogens with two attached hydrogens (primary N) is 1. The number of thiazole rings is 1. The van der Waals surface area contributed by atoms with Gasteiger partial charge in [-0.25, -0.2) is 4.98 Å². The van der Waals surface area contributed by atoms with E-state index < -0.39 is 0 Å². The molecule has 4 heteroatoms. The Morgan fingerprint density at radius 1 is 1.22 bits per heavy atom. The average Bonchev–Trinajstić information content (AvgIpc) is 2.82. The molecule has 0 unspecified atom stereocenters. The van der Waals surface area contributed by atoms with Crippen molar-refractivity contribution in [1.29, 1.82) is 0 Å². The monoisotopic (exact) mass is 260 g/mol. The molecule has 0 saturated carbocycles. The van der Waals surface area contributed by atoms with Gasteiger partial charge in [0.25, 0.3) is 0 Å². The van der Waals surface area contributed by atoms with Crippen molar-refractivity contribution in [2.24, 2.45) is 0 Å². The van der Waals surface area contributed by atoms with Crippen molar-refractivity contribution in [1.82, 2.24) is 4.98 Å². The molecule has 0 aliphatic heterocycles.